The van der Waals surface area contributed by atoms with Crippen LogP contribution in [-0.4, -0.2) is 6.54 Å². The van der Waals surface area contributed by atoms with Gasteiger partial charge in [0, 0.05) is 13.1 Å². The van der Waals surface area contributed by atoms with E-state index >= 15 is 0 Å². The van der Waals surface area contributed by atoms with Crippen molar-refractivity contribution in [1.82, 2.24) is 5.32 Å². The molecule has 18 heavy (non-hydrogen) atoms. The molecule has 0 saturated heterocycles. The van der Waals surface area contributed by atoms with Gasteiger partial charge in [0.1, 0.15) is 0 Å². The monoisotopic (exact) mass is 247 g/mol. The van der Waals surface area contributed by atoms with E-state index < -0.39 is 0 Å². The maximum atomic E-state index is 3.58. The van der Waals surface area contributed by atoms with Crippen LogP contribution in [0.2, 0.25) is 0 Å². The number of nitrogens with one attached hydrogen (secondary N) is 1. The van der Waals surface area contributed by atoms with Crippen LogP contribution >= 0.6 is 0 Å². The van der Waals surface area contributed by atoms with Crippen LogP contribution in [0.25, 0.3) is 0 Å². The van der Waals surface area contributed by atoms with Gasteiger partial charge in [-0.25, -0.2) is 0 Å². The molecule has 1 rings (SSSR count). The Morgan fingerprint density at radius 3 is 2.00 bits per heavy atom. The second-order valence-electron chi connectivity index (χ2n) is 7.49. The zero-order chi connectivity index (χ0) is 13.8. The van der Waals surface area contributed by atoms with Crippen molar-refractivity contribution in [3.8, 4) is 0 Å². The first-order valence-electron chi connectivity index (χ1n) is 6.94. The first kappa shape index (κ1) is 15.2. The smallest absolute Gasteiger partial charge is 0.0205 e. The molecule has 0 aliphatic heterocycles. The SMILES string of the molecule is Cc1ccc(CNCC(C)(C)CC(C)(C)C)cc1. The van der Waals surface area contributed by atoms with Crippen LogP contribution in [0.5, 0.6) is 0 Å². The molecule has 0 bridgehead atoms. The number of hydrogen-bond donors (Lipinski definition) is 1. The van der Waals surface area contributed by atoms with Crippen molar-refractivity contribution in [2.45, 2.75) is 54.5 Å². The van der Waals surface area contributed by atoms with Gasteiger partial charge < -0.3 is 5.32 Å². The standard InChI is InChI=1S/C17H29N/c1-14-7-9-15(10-8-14)11-18-13-17(5,6)12-16(2,3)4/h7-10,18H,11-13H2,1-6H3. The molecule has 0 aliphatic rings. The van der Waals surface area contributed by atoms with E-state index in [0.717, 1.165) is 13.1 Å². The fourth-order valence-corrected chi connectivity index (χ4v) is 2.75. The molecule has 1 nitrogen and oxygen atoms in total. The van der Waals surface area contributed by atoms with E-state index in [1.54, 1.807) is 0 Å². The van der Waals surface area contributed by atoms with Crippen LogP contribution in [-0.2, 0) is 6.54 Å². The summed E-state index contributed by atoms with van der Waals surface area (Å²) in [5.74, 6) is 0. The third kappa shape index (κ3) is 6.20. The molecule has 102 valence electrons. The molecule has 0 amide bonds. The number of benzene rings is 1. The molecule has 0 atom stereocenters. The van der Waals surface area contributed by atoms with Gasteiger partial charge in [-0.2, -0.15) is 0 Å². The molecule has 0 aliphatic carbocycles. The highest BCUT2D eigenvalue weighted by molar-refractivity contribution is 5.21. The first-order chi connectivity index (χ1) is 8.18. The highest BCUT2D eigenvalue weighted by Crippen LogP contribution is 2.32. The Kier molecular flexibility index (Phi) is 4.98. The minimum Gasteiger partial charge on any atom is -0.312 e. The van der Waals surface area contributed by atoms with Crippen molar-refractivity contribution < 1.29 is 0 Å². The van der Waals surface area contributed by atoms with Gasteiger partial charge in [0.25, 0.3) is 0 Å². The van der Waals surface area contributed by atoms with Gasteiger partial charge >= 0.3 is 0 Å². The molecule has 0 heterocycles. The molecular formula is C17H29N. The summed E-state index contributed by atoms with van der Waals surface area (Å²) in [6.07, 6.45) is 1.24. The fraction of sp³-hybridized carbons (Fsp3) is 0.647. The van der Waals surface area contributed by atoms with E-state index in [1.807, 2.05) is 0 Å². The third-order valence-corrected chi connectivity index (χ3v) is 3.06. The summed E-state index contributed by atoms with van der Waals surface area (Å²) >= 11 is 0. The Balaban J connectivity index is 2.39. The lowest BCUT2D eigenvalue weighted by Crippen LogP contribution is -2.32. The Hall–Kier alpha value is -0.820. The Labute approximate surface area is 113 Å². The highest BCUT2D eigenvalue weighted by atomic mass is 14.9. The quantitative estimate of drug-likeness (QED) is 0.805. The van der Waals surface area contributed by atoms with E-state index in [0.29, 0.717) is 10.8 Å². The van der Waals surface area contributed by atoms with E-state index in [2.05, 4.69) is 71.1 Å². The Bertz CT molecular complexity index is 354. The lowest BCUT2D eigenvalue weighted by atomic mass is 9.76. The van der Waals surface area contributed by atoms with E-state index in [1.165, 1.54) is 17.5 Å². The van der Waals surface area contributed by atoms with E-state index in [4.69, 9.17) is 0 Å². The zero-order valence-electron chi connectivity index (χ0n) is 12.9. The van der Waals surface area contributed by atoms with Crippen LogP contribution < -0.4 is 5.32 Å². The van der Waals surface area contributed by atoms with Crippen molar-refractivity contribution in [3.05, 3.63) is 35.4 Å². The topological polar surface area (TPSA) is 12.0 Å². The second-order valence-corrected chi connectivity index (χ2v) is 7.49. The maximum Gasteiger partial charge on any atom is 0.0205 e. The number of hydrogen-bond acceptors (Lipinski definition) is 1. The first-order valence-corrected chi connectivity index (χ1v) is 6.94. The largest absolute Gasteiger partial charge is 0.312 e. The predicted molar refractivity (Wildman–Crippen MR) is 80.7 cm³/mol. The van der Waals surface area contributed by atoms with Crippen LogP contribution in [0.3, 0.4) is 0 Å². The van der Waals surface area contributed by atoms with Gasteiger partial charge in [0.05, 0.1) is 0 Å². The van der Waals surface area contributed by atoms with Crippen LogP contribution in [0.1, 0.15) is 52.2 Å². The Morgan fingerprint density at radius 1 is 0.944 bits per heavy atom. The molecule has 0 radical (unpaired) electrons. The molecule has 1 heteroatoms. The minimum absolute atomic E-state index is 0.350. The summed E-state index contributed by atoms with van der Waals surface area (Å²) in [5.41, 5.74) is 3.44. The summed E-state index contributed by atoms with van der Waals surface area (Å²) in [7, 11) is 0. The van der Waals surface area contributed by atoms with Gasteiger partial charge in [-0.05, 0) is 29.7 Å². The third-order valence-electron chi connectivity index (χ3n) is 3.06. The number of rotatable bonds is 5. The van der Waals surface area contributed by atoms with Crippen molar-refractivity contribution in [2.24, 2.45) is 10.8 Å². The lowest BCUT2D eigenvalue weighted by Gasteiger charge is -2.32. The molecule has 0 saturated carbocycles. The lowest BCUT2D eigenvalue weighted by molar-refractivity contribution is 0.206. The highest BCUT2D eigenvalue weighted by Gasteiger charge is 2.24. The molecule has 0 fully saturated rings. The van der Waals surface area contributed by atoms with Gasteiger partial charge in [-0.15, -0.1) is 0 Å². The fourth-order valence-electron chi connectivity index (χ4n) is 2.75. The Morgan fingerprint density at radius 2 is 1.50 bits per heavy atom. The van der Waals surface area contributed by atoms with Crippen LogP contribution in [0.15, 0.2) is 24.3 Å². The van der Waals surface area contributed by atoms with Gasteiger partial charge in [0.2, 0.25) is 0 Å². The van der Waals surface area contributed by atoms with Gasteiger partial charge in [-0.3, -0.25) is 0 Å². The normalized spacial score (nSPS) is 12.8. The van der Waals surface area contributed by atoms with E-state index in [-0.39, 0.29) is 0 Å². The molecule has 1 aromatic carbocycles. The molecule has 1 N–H and O–H groups in total. The molecule has 1 aromatic rings. The molecule has 0 unspecified atom stereocenters. The van der Waals surface area contributed by atoms with Crippen LogP contribution in [0.4, 0.5) is 0 Å². The summed E-state index contributed by atoms with van der Waals surface area (Å²) in [6, 6.07) is 8.77. The summed E-state index contributed by atoms with van der Waals surface area (Å²) in [5, 5.41) is 3.58. The summed E-state index contributed by atoms with van der Waals surface area (Å²) in [6.45, 7) is 15.8. The van der Waals surface area contributed by atoms with E-state index in [9.17, 15) is 0 Å². The zero-order valence-corrected chi connectivity index (χ0v) is 12.9. The van der Waals surface area contributed by atoms with Crippen molar-refractivity contribution in [3.63, 3.8) is 0 Å². The van der Waals surface area contributed by atoms with Gasteiger partial charge in [0.15, 0.2) is 0 Å². The molecule has 0 aromatic heterocycles. The average molecular weight is 247 g/mol. The number of aryl methyl sites for hydroxylation is 1. The summed E-state index contributed by atoms with van der Waals surface area (Å²) < 4.78 is 0. The van der Waals surface area contributed by atoms with Gasteiger partial charge in [-0.1, -0.05) is 64.4 Å². The molecule has 0 spiro atoms. The van der Waals surface area contributed by atoms with Crippen molar-refractivity contribution >= 4 is 0 Å². The van der Waals surface area contributed by atoms with Crippen molar-refractivity contribution in [2.75, 3.05) is 6.54 Å². The maximum absolute atomic E-state index is 3.58. The minimum atomic E-state index is 0.350. The average Bonchev–Trinajstić information content (AvgIpc) is 2.17. The van der Waals surface area contributed by atoms with Crippen LogP contribution in [0, 0.1) is 17.8 Å². The summed E-state index contributed by atoms with van der Waals surface area (Å²) in [4.78, 5) is 0. The van der Waals surface area contributed by atoms with Crippen molar-refractivity contribution in [1.29, 1.82) is 0 Å². The molecular weight excluding hydrogens is 218 g/mol. The second kappa shape index (κ2) is 5.88. The predicted octanol–water partition coefficient (Wildman–Crippen LogP) is 4.55.